The number of aromatic nitrogens is 2. The highest BCUT2D eigenvalue weighted by atomic mass is 15.3. The zero-order valence-corrected chi connectivity index (χ0v) is 10.4. The van der Waals surface area contributed by atoms with Crippen LogP contribution in [0.2, 0.25) is 0 Å². The summed E-state index contributed by atoms with van der Waals surface area (Å²) in [7, 11) is 0. The third-order valence-corrected chi connectivity index (χ3v) is 3.67. The number of nitrogens with zero attached hydrogens (tertiary/aromatic N) is 2. The van der Waals surface area contributed by atoms with E-state index in [9.17, 15) is 0 Å². The summed E-state index contributed by atoms with van der Waals surface area (Å²) in [5, 5.41) is 4.72. The van der Waals surface area contributed by atoms with Crippen LogP contribution in [0.1, 0.15) is 45.2 Å². The second-order valence-electron chi connectivity index (χ2n) is 5.49. The van der Waals surface area contributed by atoms with Crippen LogP contribution in [0.3, 0.4) is 0 Å². The monoisotopic (exact) mass is 221 g/mol. The van der Waals surface area contributed by atoms with Gasteiger partial charge in [-0.2, -0.15) is 5.10 Å². The third-order valence-electron chi connectivity index (χ3n) is 3.67. The summed E-state index contributed by atoms with van der Waals surface area (Å²) < 4.78 is 2.08. The Labute approximate surface area is 98.0 Å². The van der Waals surface area contributed by atoms with Crippen LogP contribution < -0.4 is 5.73 Å². The van der Waals surface area contributed by atoms with E-state index in [0.717, 1.165) is 19.5 Å². The molecule has 1 fully saturated rings. The van der Waals surface area contributed by atoms with Crippen molar-refractivity contribution in [2.45, 2.75) is 51.5 Å². The molecule has 0 unspecified atom stereocenters. The summed E-state index contributed by atoms with van der Waals surface area (Å²) in [4.78, 5) is 0. The first kappa shape index (κ1) is 11.6. The summed E-state index contributed by atoms with van der Waals surface area (Å²) in [6.45, 7) is 6.23. The highest BCUT2D eigenvalue weighted by Gasteiger charge is 2.39. The Hall–Kier alpha value is -0.830. The smallest absolute Gasteiger partial charge is 0.0686 e. The molecule has 0 saturated heterocycles. The van der Waals surface area contributed by atoms with E-state index in [0.29, 0.717) is 11.3 Å². The molecule has 0 bridgehead atoms. The first-order valence-electron chi connectivity index (χ1n) is 6.40. The minimum absolute atomic E-state index is 0.316. The lowest BCUT2D eigenvalue weighted by molar-refractivity contribution is 0.220. The summed E-state index contributed by atoms with van der Waals surface area (Å²) in [5.74, 6) is 0.652. The van der Waals surface area contributed by atoms with E-state index in [-0.39, 0.29) is 0 Å². The summed E-state index contributed by atoms with van der Waals surface area (Å²) in [6.07, 6.45) is 7.07. The molecule has 2 rings (SSSR count). The Balaban J connectivity index is 2.10. The molecule has 3 nitrogen and oxygen atoms in total. The Morgan fingerprint density at radius 2 is 2.25 bits per heavy atom. The minimum atomic E-state index is 0.316. The average molecular weight is 221 g/mol. The van der Waals surface area contributed by atoms with Crippen LogP contribution in [0.4, 0.5) is 0 Å². The van der Waals surface area contributed by atoms with Crippen LogP contribution >= 0.6 is 0 Å². The summed E-state index contributed by atoms with van der Waals surface area (Å²) in [6, 6.07) is 2.19. The van der Waals surface area contributed by atoms with Gasteiger partial charge in [0.1, 0.15) is 0 Å². The fourth-order valence-corrected chi connectivity index (χ4v) is 2.63. The molecule has 16 heavy (non-hydrogen) atoms. The van der Waals surface area contributed by atoms with Gasteiger partial charge in [-0.1, -0.05) is 20.3 Å². The molecule has 0 aliphatic heterocycles. The van der Waals surface area contributed by atoms with Crippen molar-refractivity contribution in [1.82, 2.24) is 9.78 Å². The van der Waals surface area contributed by atoms with Gasteiger partial charge in [0.15, 0.2) is 0 Å². The molecule has 2 N–H and O–H groups in total. The van der Waals surface area contributed by atoms with E-state index in [2.05, 4.69) is 30.8 Å². The van der Waals surface area contributed by atoms with Gasteiger partial charge in [-0.15, -0.1) is 0 Å². The molecule has 0 atom stereocenters. The maximum Gasteiger partial charge on any atom is 0.0686 e. The molecule has 0 amide bonds. The maximum absolute atomic E-state index is 5.71. The van der Waals surface area contributed by atoms with Gasteiger partial charge in [0.25, 0.3) is 0 Å². The third kappa shape index (κ3) is 2.14. The highest BCUT2D eigenvalue weighted by molar-refractivity contribution is 5.19. The zero-order valence-electron chi connectivity index (χ0n) is 10.4. The van der Waals surface area contributed by atoms with Gasteiger partial charge < -0.3 is 5.73 Å². The molecule has 1 aliphatic carbocycles. The van der Waals surface area contributed by atoms with Crippen LogP contribution in [0.25, 0.3) is 0 Å². The van der Waals surface area contributed by atoms with Gasteiger partial charge in [-0.05, 0) is 37.8 Å². The Kier molecular flexibility index (Phi) is 3.33. The first-order chi connectivity index (χ1) is 7.66. The number of rotatable bonds is 5. The molecule has 0 aromatic carbocycles. The Bertz CT molecular complexity index is 337. The van der Waals surface area contributed by atoms with Crippen LogP contribution in [-0.4, -0.2) is 16.3 Å². The van der Waals surface area contributed by atoms with Crippen molar-refractivity contribution in [3.8, 4) is 0 Å². The number of nitrogens with two attached hydrogens (primary N) is 1. The maximum atomic E-state index is 5.71. The highest BCUT2D eigenvalue weighted by Crippen LogP contribution is 2.45. The van der Waals surface area contributed by atoms with Crippen molar-refractivity contribution in [3.05, 3.63) is 18.0 Å². The molecule has 1 aliphatic rings. The zero-order chi connectivity index (χ0) is 11.6. The van der Waals surface area contributed by atoms with Crippen molar-refractivity contribution >= 4 is 0 Å². The standard InChI is InChI=1S/C13H23N3/c1-11(2)10-16-9-4-12(15-16)13(7-8-14)5-3-6-13/h4,9,11H,3,5-8,10,14H2,1-2H3. The van der Waals surface area contributed by atoms with E-state index in [1.54, 1.807) is 0 Å². The quantitative estimate of drug-likeness (QED) is 0.829. The van der Waals surface area contributed by atoms with Crippen molar-refractivity contribution in [3.63, 3.8) is 0 Å². The van der Waals surface area contributed by atoms with Crippen LogP contribution in [0.15, 0.2) is 12.3 Å². The second kappa shape index (κ2) is 4.58. The summed E-state index contributed by atoms with van der Waals surface area (Å²) in [5.41, 5.74) is 7.30. The molecule has 1 heterocycles. The van der Waals surface area contributed by atoms with E-state index in [1.807, 2.05) is 0 Å². The SMILES string of the molecule is CC(C)Cn1ccc(C2(CCN)CCC2)n1. The van der Waals surface area contributed by atoms with E-state index in [1.165, 1.54) is 25.0 Å². The van der Waals surface area contributed by atoms with Crippen LogP contribution in [0, 0.1) is 5.92 Å². The van der Waals surface area contributed by atoms with Crippen molar-refractivity contribution in [1.29, 1.82) is 0 Å². The normalized spacial score (nSPS) is 18.8. The predicted octanol–water partition coefficient (Wildman–Crippen LogP) is 2.31. The van der Waals surface area contributed by atoms with Gasteiger partial charge in [0, 0.05) is 18.2 Å². The topological polar surface area (TPSA) is 43.8 Å². The Morgan fingerprint density at radius 1 is 1.50 bits per heavy atom. The van der Waals surface area contributed by atoms with Crippen LogP contribution in [-0.2, 0) is 12.0 Å². The van der Waals surface area contributed by atoms with Crippen molar-refractivity contribution < 1.29 is 0 Å². The Morgan fingerprint density at radius 3 is 2.75 bits per heavy atom. The molecule has 3 heteroatoms. The second-order valence-corrected chi connectivity index (χ2v) is 5.49. The predicted molar refractivity (Wildman–Crippen MR) is 66.3 cm³/mol. The van der Waals surface area contributed by atoms with Crippen LogP contribution in [0.5, 0.6) is 0 Å². The summed E-state index contributed by atoms with van der Waals surface area (Å²) >= 11 is 0. The molecular formula is C13H23N3. The first-order valence-corrected chi connectivity index (χ1v) is 6.40. The van der Waals surface area contributed by atoms with Crippen molar-refractivity contribution in [2.24, 2.45) is 11.7 Å². The molecule has 0 spiro atoms. The number of hydrogen-bond donors (Lipinski definition) is 1. The lowest BCUT2D eigenvalue weighted by atomic mass is 9.64. The lowest BCUT2D eigenvalue weighted by Gasteiger charge is -2.40. The fraction of sp³-hybridized carbons (Fsp3) is 0.769. The molecule has 1 aromatic heterocycles. The van der Waals surface area contributed by atoms with Gasteiger partial charge in [0.2, 0.25) is 0 Å². The molecule has 90 valence electrons. The molecular weight excluding hydrogens is 198 g/mol. The van der Waals surface area contributed by atoms with E-state index < -0.39 is 0 Å². The largest absolute Gasteiger partial charge is 0.330 e. The van der Waals surface area contributed by atoms with Gasteiger partial charge in [-0.25, -0.2) is 0 Å². The van der Waals surface area contributed by atoms with E-state index in [4.69, 9.17) is 10.8 Å². The van der Waals surface area contributed by atoms with Crippen molar-refractivity contribution in [2.75, 3.05) is 6.54 Å². The average Bonchev–Trinajstić information content (AvgIpc) is 2.59. The molecule has 0 radical (unpaired) electrons. The molecule has 1 saturated carbocycles. The van der Waals surface area contributed by atoms with Gasteiger partial charge >= 0.3 is 0 Å². The van der Waals surface area contributed by atoms with E-state index >= 15 is 0 Å². The fourth-order valence-electron chi connectivity index (χ4n) is 2.63. The number of hydrogen-bond acceptors (Lipinski definition) is 2. The van der Waals surface area contributed by atoms with Gasteiger partial charge in [0.05, 0.1) is 5.69 Å². The molecule has 1 aromatic rings. The minimum Gasteiger partial charge on any atom is -0.330 e. The van der Waals surface area contributed by atoms with Gasteiger partial charge in [-0.3, -0.25) is 4.68 Å². The lowest BCUT2D eigenvalue weighted by Crippen LogP contribution is -2.37.